The minimum Gasteiger partial charge on any atom is -0.507 e. The number of rotatable bonds is 9. The molecule has 0 bridgehead atoms. The van der Waals surface area contributed by atoms with Gasteiger partial charge < -0.3 is 25.2 Å². The van der Waals surface area contributed by atoms with E-state index in [1.54, 1.807) is 13.8 Å². The molecule has 0 aliphatic heterocycles. The summed E-state index contributed by atoms with van der Waals surface area (Å²) in [7, 11) is 1.41. The summed E-state index contributed by atoms with van der Waals surface area (Å²) < 4.78 is 5.37. The fourth-order valence-electron chi connectivity index (χ4n) is 3.78. The Kier molecular flexibility index (Phi) is 7.55. The van der Waals surface area contributed by atoms with E-state index in [1.165, 1.54) is 20.1 Å². The Labute approximate surface area is 181 Å². The summed E-state index contributed by atoms with van der Waals surface area (Å²) >= 11 is 0. The molecule has 0 aliphatic rings. The second-order valence-corrected chi connectivity index (χ2v) is 7.62. The van der Waals surface area contributed by atoms with Crippen LogP contribution in [-0.4, -0.2) is 39.1 Å². The van der Waals surface area contributed by atoms with Crippen molar-refractivity contribution in [3.63, 3.8) is 0 Å². The van der Waals surface area contributed by atoms with Crippen molar-refractivity contribution >= 4 is 11.6 Å². The first kappa shape index (κ1) is 24.1. The summed E-state index contributed by atoms with van der Waals surface area (Å²) in [6, 6.07) is 1.33. The number of phenolic OH excluding ortho intramolecular Hbond substituents is 4. The Bertz CT molecular complexity index is 1020. The van der Waals surface area contributed by atoms with Gasteiger partial charge in [-0.25, -0.2) is 0 Å². The highest BCUT2D eigenvalue weighted by Gasteiger charge is 2.28. The van der Waals surface area contributed by atoms with Crippen molar-refractivity contribution in [3.8, 4) is 28.7 Å². The summed E-state index contributed by atoms with van der Waals surface area (Å²) in [6.45, 7) is 6.77. The van der Waals surface area contributed by atoms with E-state index in [4.69, 9.17) is 4.74 Å². The van der Waals surface area contributed by atoms with Gasteiger partial charge >= 0.3 is 0 Å². The lowest BCUT2D eigenvalue weighted by molar-refractivity contribution is 0.0968. The molecular formula is C24H30O7. The van der Waals surface area contributed by atoms with Crippen molar-refractivity contribution in [2.45, 2.75) is 59.8 Å². The lowest BCUT2D eigenvalue weighted by Crippen LogP contribution is -2.08. The molecule has 0 aliphatic carbocycles. The third kappa shape index (κ3) is 4.45. The number of ketones is 2. The molecule has 0 aromatic heterocycles. The fraction of sp³-hybridized carbons (Fsp3) is 0.417. The normalized spacial score (nSPS) is 10.9. The average molecular weight is 430 g/mol. The van der Waals surface area contributed by atoms with Crippen LogP contribution in [0, 0.1) is 13.8 Å². The molecule has 7 nitrogen and oxygen atoms in total. The maximum Gasteiger partial charge on any atom is 0.170 e. The van der Waals surface area contributed by atoms with Crippen LogP contribution in [0.3, 0.4) is 0 Å². The maximum absolute atomic E-state index is 12.6. The van der Waals surface area contributed by atoms with E-state index in [0.717, 1.165) is 0 Å². The summed E-state index contributed by atoms with van der Waals surface area (Å²) in [6.07, 6.45) is 1.45. The predicted octanol–water partition coefficient (Wildman–Crippen LogP) is 4.69. The quantitative estimate of drug-likeness (QED) is 0.425. The number of ether oxygens (including phenoxy) is 1. The van der Waals surface area contributed by atoms with Crippen molar-refractivity contribution in [3.05, 3.63) is 39.4 Å². The highest BCUT2D eigenvalue weighted by Crippen LogP contribution is 2.45. The third-order valence-electron chi connectivity index (χ3n) is 5.49. The number of methoxy groups -OCH3 is 1. The number of hydrogen-bond acceptors (Lipinski definition) is 7. The first-order valence-corrected chi connectivity index (χ1v) is 10.3. The number of phenols is 4. The summed E-state index contributed by atoms with van der Waals surface area (Å²) in [4.78, 5) is 25.1. The standard InChI is InChI=1S/C24H30O7/c1-6-8-16(25)20-12(3)14(19(31-5)11-18(20)27)10-15-22(28)13(4)23(29)21(24(15)30)17(26)9-7-2/h11,27-30H,6-10H2,1-5H3. The van der Waals surface area contributed by atoms with Crippen LogP contribution in [0.1, 0.15) is 82.5 Å². The van der Waals surface area contributed by atoms with Crippen LogP contribution in [0.4, 0.5) is 0 Å². The molecule has 2 aromatic rings. The van der Waals surface area contributed by atoms with Gasteiger partial charge in [0.1, 0.15) is 34.3 Å². The molecule has 2 aromatic carbocycles. The Balaban J connectivity index is 2.75. The molecule has 0 atom stereocenters. The maximum atomic E-state index is 12.6. The van der Waals surface area contributed by atoms with E-state index in [-0.39, 0.29) is 64.5 Å². The molecule has 31 heavy (non-hydrogen) atoms. The minimum atomic E-state index is -0.505. The van der Waals surface area contributed by atoms with E-state index in [1.807, 2.05) is 6.92 Å². The lowest BCUT2D eigenvalue weighted by atomic mass is 9.89. The Morgan fingerprint density at radius 2 is 1.35 bits per heavy atom. The monoisotopic (exact) mass is 430 g/mol. The molecular weight excluding hydrogens is 400 g/mol. The third-order valence-corrected chi connectivity index (χ3v) is 5.49. The van der Waals surface area contributed by atoms with Gasteiger partial charge in [-0.1, -0.05) is 13.8 Å². The van der Waals surface area contributed by atoms with Crippen LogP contribution in [-0.2, 0) is 6.42 Å². The van der Waals surface area contributed by atoms with Crippen molar-refractivity contribution in [2.75, 3.05) is 7.11 Å². The highest BCUT2D eigenvalue weighted by atomic mass is 16.5. The number of Topliss-reactive ketones (excluding diaryl/α,β-unsaturated/α-hetero) is 2. The van der Waals surface area contributed by atoms with Gasteiger partial charge in [0.25, 0.3) is 0 Å². The molecule has 0 spiro atoms. The smallest absolute Gasteiger partial charge is 0.170 e. The number of benzene rings is 2. The van der Waals surface area contributed by atoms with Crippen molar-refractivity contribution in [1.82, 2.24) is 0 Å². The molecule has 2 rings (SSSR count). The van der Waals surface area contributed by atoms with E-state index < -0.39 is 17.3 Å². The van der Waals surface area contributed by atoms with Crippen molar-refractivity contribution < 1.29 is 34.8 Å². The van der Waals surface area contributed by atoms with Gasteiger partial charge in [0.05, 0.1) is 12.7 Å². The van der Waals surface area contributed by atoms with Crippen molar-refractivity contribution in [2.24, 2.45) is 0 Å². The Morgan fingerprint density at radius 3 is 1.87 bits per heavy atom. The van der Waals surface area contributed by atoms with E-state index in [2.05, 4.69) is 0 Å². The van der Waals surface area contributed by atoms with Gasteiger partial charge in [0.15, 0.2) is 11.6 Å². The molecule has 168 valence electrons. The van der Waals surface area contributed by atoms with Crippen LogP contribution in [0.5, 0.6) is 28.7 Å². The van der Waals surface area contributed by atoms with Gasteiger partial charge in [-0.3, -0.25) is 9.59 Å². The first-order valence-electron chi connectivity index (χ1n) is 10.3. The van der Waals surface area contributed by atoms with Gasteiger partial charge in [-0.15, -0.1) is 0 Å². The van der Waals surface area contributed by atoms with Gasteiger partial charge in [0.2, 0.25) is 0 Å². The van der Waals surface area contributed by atoms with E-state index in [0.29, 0.717) is 24.0 Å². The molecule has 0 saturated carbocycles. The van der Waals surface area contributed by atoms with Crippen LogP contribution in [0.15, 0.2) is 6.07 Å². The summed E-state index contributed by atoms with van der Waals surface area (Å²) in [5.41, 5.74) is 0.977. The largest absolute Gasteiger partial charge is 0.507 e. The molecule has 0 heterocycles. The number of aromatic hydroxyl groups is 4. The Morgan fingerprint density at radius 1 is 0.806 bits per heavy atom. The molecule has 0 unspecified atom stereocenters. The second kappa shape index (κ2) is 9.73. The van der Waals surface area contributed by atoms with Crippen LogP contribution in [0.25, 0.3) is 0 Å². The van der Waals surface area contributed by atoms with Crippen LogP contribution >= 0.6 is 0 Å². The highest BCUT2D eigenvalue weighted by molar-refractivity contribution is 6.03. The van der Waals surface area contributed by atoms with E-state index >= 15 is 0 Å². The van der Waals surface area contributed by atoms with Crippen molar-refractivity contribution in [1.29, 1.82) is 0 Å². The summed E-state index contributed by atoms with van der Waals surface area (Å²) in [5, 5.41) is 42.2. The zero-order chi connectivity index (χ0) is 23.5. The molecule has 0 radical (unpaired) electrons. The fourth-order valence-corrected chi connectivity index (χ4v) is 3.78. The molecule has 4 N–H and O–H groups in total. The summed E-state index contributed by atoms with van der Waals surface area (Å²) in [5.74, 6) is -1.90. The number of carbonyl (C=O) groups excluding carboxylic acids is 2. The average Bonchev–Trinajstić information content (AvgIpc) is 2.71. The zero-order valence-electron chi connectivity index (χ0n) is 18.6. The molecule has 0 fully saturated rings. The molecule has 0 saturated heterocycles. The predicted molar refractivity (Wildman–Crippen MR) is 117 cm³/mol. The minimum absolute atomic E-state index is 0.0377. The lowest BCUT2D eigenvalue weighted by Gasteiger charge is -2.20. The number of carbonyl (C=O) groups is 2. The molecule has 7 heteroatoms. The van der Waals surface area contributed by atoms with Crippen LogP contribution in [0.2, 0.25) is 0 Å². The van der Waals surface area contributed by atoms with E-state index in [9.17, 15) is 30.0 Å². The number of hydrogen-bond donors (Lipinski definition) is 4. The molecule has 0 amide bonds. The Hall–Kier alpha value is -3.22. The van der Waals surface area contributed by atoms with Gasteiger partial charge in [-0.05, 0) is 32.3 Å². The zero-order valence-corrected chi connectivity index (χ0v) is 18.6. The SMILES string of the molecule is CCCC(=O)c1c(O)cc(OC)c(Cc2c(O)c(C)c(O)c(C(=O)CCC)c2O)c1C. The van der Waals surface area contributed by atoms with Gasteiger partial charge in [0, 0.05) is 42.0 Å². The van der Waals surface area contributed by atoms with Crippen LogP contribution < -0.4 is 4.74 Å². The first-order chi connectivity index (χ1) is 14.6. The van der Waals surface area contributed by atoms with Gasteiger partial charge in [-0.2, -0.15) is 0 Å². The second-order valence-electron chi connectivity index (χ2n) is 7.62. The topological polar surface area (TPSA) is 124 Å².